The maximum absolute atomic E-state index is 12.9. The van der Waals surface area contributed by atoms with Gasteiger partial charge in [-0.05, 0) is 38.2 Å². The standard InChI is InChI=1S/C21H28ClN3O4/c1-28-19-11-18(24-20(26)13-2-3-13)17(22)10-16(19)21(27)23-14-4-7-25(12-14)15-5-8-29-9-6-15/h10-11,13-15H,2-9,12H2,1H3,(H,23,27)(H,24,26)/t14-/m0/s1. The predicted molar refractivity (Wildman–Crippen MR) is 111 cm³/mol. The third-order valence-corrected chi connectivity index (χ3v) is 6.31. The molecule has 8 heteroatoms. The number of carbonyl (C=O) groups is 2. The highest BCUT2D eigenvalue weighted by Crippen LogP contribution is 2.34. The van der Waals surface area contributed by atoms with E-state index >= 15 is 0 Å². The first-order chi connectivity index (χ1) is 14.0. The van der Waals surface area contributed by atoms with Crippen molar-refractivity contribution in [1.82, 2.24) is 10.2 Å². The first-order valence-corrected chi connectivity index (χ1v) is 10.7. The highest BCUT2D eigenvalue weighted by atomic mass is 35.5. The average Bonchev–Trinajstić information content (AvgIpc) is 3.49. The minimum Gasteiger partial charge on any atom is -0.496 e. The van der Waals surface area contributed by atoms with Crippen molar-refractivity contribution >= 4 is 29.1 Å². The summed E-state index contributed by atoms with van der Waals surface area (Å²) in [6.45, 7) is 3.47. The van der Waals surface area contributed by atoms with Gasteiger partial charge in [0.15, 0.2) is 0 Å². The molecule has 1 saturated carbocycles. The van der Waals surface area contributed by atoms with Crippen molar-refractivity contribution < 1.29 is 19.1 Å². The summed E-state index contributed by atoms with van der Waals surface area (Å²) in [7, 11) is 1.51. The Labute approximate surface area is 176 Å². The van der Waals surface area contributed by atoms with Gasteiger partial charge >= 0.3 is 0 Å². The van der Waals surface area contributed by atoms with Gasteiger partial charge in [-0.25, -0.2) is 0 Å². The Hall–Kier alpha value is -1.83. The fourth-order valence-electron chi connectivity index (χ4n) is 4.13. The molecule has 2 aliphatic heterocycles. The molecule has 0 unspecified atom stereocenters. The molecule has 2 heterocycles. The molecule has 2 saturated heterocycles. The topological polar surface area (TPSA) is 79.9 Å². The van der Waals surface area contributed by atoms with E-state index in [4.69, 9.17) is 21.1 Å². The second kappa shape index (κ2) is 8.90. The van der Waals surface area contributed by atoms with E-state index in [1.807, 2.05) is 0 Å². The second-order valence-corrected chi connectivity index (χ2v) is 8.50. The summed E-state index contributed by atoms with van der Waals surface area (Å²) in [6.07, 6.45) is 4.85. The van der Waals surface area contributed by atoms with Crippen molar-refractivity contribution in [3.8, 4) is 5.75 Å². The third-order valence-electron chi connectivity index (χ3n) is 6.00. The van der Waals surface area contributed by atoms with Crippen LogP contribution in [0.25, 0.3) is 0 Å². The normalized spacial score (nSPS) is 23.0. The zero-order valence-corrected chi connectivity index (χ0v) is 17.5. The minimum absolute atomic E-state index is 0.0367. The summed E-state index contributed by atoms with van der Waals surface area (Å²) in [5.41, 5.74) is 0.856. The van der Waals surface area contributed by atoms with E-state index in [9.17, 15) is 9.59 Å². The molecule has 2 amide bonds. The number of rotatable bonds is 6. The van der Waals surface area contributed by atoms with Crippen molar-refractivity contribution in [1.29, 1.82) is 0 Å². The van der Waals surface area contributed by atoms with Crippen LogP contribution in [0.4, 0.5) is 5.69 Å². The Kier molecular flexibility index (Phi) is 6.27. The summed E-state index contributed by atoms with van der Waals surface area (Å²) in [4.78, 5) is 27.4. The molecule has 29 heavy (non-hydrogen) atoms. The van der Waals surface area contributed by atoms with E-state index in [1.54, 1.807) is 12.1 Å². The van der Waals surface area contributed by atoms with Crippen molar-refractivity contribution in [2.75, 3.05) is 38.7 Å². The molecule has 3 aliphatic rings. The van der Waals surface area contributed by atoms with Gasteiger partial charge in [0.1, 0.15) is 5.75 Å². The molecule has 4 rings (SSSR count). The summed E-state index contributed by atoms with van der Waals surface area (Å²) < 4.78 is 10.9. The Balaban J connectivity index is 1.40. The van der Waals surface area contributed by atoms with Gasteiger partial charge in [0, 0.05) is 50.4 Å². The number of hydrogen-bond acceptors (Lipinski definition) is 5. The molecule has 1 aliphatic carbocycles. The SMILES string of the molecule is COc1cc(NC(=O)C2CC2)c(Cl)cc1C(=O)N[C@H]1CCN(C2CCOCC2)C1. The first kappa shape index (κ1) is 20.4. The fourth-order valence-corrected chi connectivity index (χ4v) is 4.34. The number of carbonyl (C=O) groups excluding carboxylic acids is 2. The summed E-state index contributed by atoms with van der Waals surface area (Å²) >= 11 is 6.34. The van der Waals surface area contributed by atoms with Gasteiger partial charge in [0.05, 0.1) is 23.4 Å². The Bertz CT molecular complexity index is 777. The average molecular weight is 422 g/mol. The van der Waals surface area contributed by atoms with Crippen molar-refractivity contribution in [2.24, 2.45) is 5.92 Å². The van der Waals surface area contributed by atoms with Gasteiger partial charge in [-0.3, -0.25) is 14.5 Å². The van der Waals surface area contributed by atoms with Gasteiger partial charge in [-0.15, -0.1) is 0 Å². The van der Waals surface area contributed by atoms with Crippen LogP contribution in [0, 0.1) is 5.92 Å². The van der Waals surface area contributed by atoms with Crippen LogP contribution in [0.1, 0.15) is 42.5 Å². The van der Waals surface area contributed by atoms with Gasteiger partial charge in [0.2, 0.25) is 5.91 Å². The number of methoxy groups -OCH3 is 1. The van der Waals surface area contributed by atoms with Gasteiger partial charge < -0.3 is 20.1 Å². The maximum atomic E-state index is 12.9. The van der Waals surface area contributed by atoms with Crippen LogP contribution >= 0.6 is 11.6 Å². The molecular weight excluding hydrogens is 394 g/mol. The number of nitrogens with one attached hydrogen (secondary N) is 2. The number of anilines is 1. The van der Waals surface area contributed by atoms with E-state index in [1.165, 1.54) is 7.11 Å². The summed E-state index contributed by atoms with van der Waals surface area (Å²) in [5.74, 6) is 0.228. The van der Waals surface area contributed by atoms with Crippen LogP contribution in [0.5, 0.6) is 5.75 Å². The Morgan fingerprint density at radius 1 is 1.17 bits per heavy atom. The molecule has 1 atom stereocenters. The lowest BCUT2D eigenvalue weighted by Gasteiger charge is -2.31. The minimum atomic E-state index is -0.206. The zero-order valence-electron chi connectivity index (χ0n) is 16.7. The molecule has 3 fully saturated rings. The van der Waals surface area contributed by atoms with Crippen molar-refractivity contribution in [3.63, 3.8) is 0 Å². The molecule has 1 aromatic rings. The van der Waals surface area contributed by atoms with Crippen LogP contribution < -0.4 is 15.4 Å². The van der Waals surface area contributed by atoms with E-state index in [0.717, 1.165) is 58.4 Å². The number of ether oxygens (including phenoxy) is 2. The van der Waals surface area contributed by atoms with Crippen molar-refractivity contribution in [2.45, 2.75) is 44.2 Å². The number of likely N-dealkylation sites (tertiary alicyclic amines) is 1. The zero-order chi connectivity index (χ0) is 20.4. The third kappa shape index (κ3) is 4.85. The molecule has 0 spiro atoms. The van der Waals surface area contributed by atoms with Gasteiger partial charge in [-0.2, -0.15) is 0 Å². The smallest absolute Gasteiger partial charge is 0.255 e. The Morgan fingerprint density at radius 2 is 1.93 bits per heavy atom. The highest BCUT2D eigenvalue weighted by molar-refractivity contribution is 6.34. The summed E-state index contributed by atoms with van der Waals surface area (Å²) in [5, 5.41) is 6.28. The second-order valence-electron chi connectivity index (χ2n) is 8.09. The molecule has 158 valence electrons. The Morgan fingerprint density at radius 3 is 2.62 bits per heavy atom. The first-order valence-electron chi connectivity index (χ1n) is 10.4. The fraction of sp³-hybridized carbons (Fsp3) is 0.619. The molecule has 7 nitrogen and oxygen atoms in total. The lowest BCUT2D eigenvalue weighted by molar-refractivity contribution is -0.117. The van der Waals surface area contributed by atoms with Crippen LogP contribution in [0.3, 0.4) is 0 Å². The molecule has 0 aromatic heterocycles. The summed E-state index contributed by atoms with van der Waals surface area (Å²) in [6, 6.07) is 3.84. The van der Waals surface area contributed by atoms with Crippen LogP contribution in [0.2, 0.25) is 5.02 Å². The van der Waals surface area contributed by atoms with E-state index in [0.29, 0.717) is 28.1 Å². The number of benzene rings is 1. The van der Waals surface area contributed by atoms with Crippen LogP contribution in [-0.4, -0.2) is 62.2 Å². The number of hydrogen-bond donors (Lipinski definition) is 2. The van der Waals surface area contributed by atoms with E-state index in [2.05, 4.69) is 15.5 Å². The van der Waals surface area contributed by atoms with Gasteiger partial charge in [0.25, 0.3) is 5.91 Å². The van der Waals surface area contributed by atoms with E-state index < -0.39 is 0 Å². The molecule has 0 radical (unpaired) electrons. The predicted octanol–water partition coefficient (Wildman–Crippen LogP) is 2.68. The monoisotopic (exact) mass is 421 g/mol. The highest BCUT2D eigenvalue weighted by Gasteiger charge is 2.32. The van der Waals surface area contributed by atoms with Crippen LogP contribution in [0.15, 0.2) is 12.1 Å². The lowest BCUT2D eigenvalue weighted by Crippen LogP contribution is -2.41. The van der Waals surface area contributed by atoms with Crippen LogP contribution in [-0.2, 0) is 9.53 Å². The quantitative estimate of drug-likeness (QED) is 0.738. The number of halogens is 1. The maximum Gasteiger partial charge on any atom is 0.255 e. The number of amides is 2. The lowest BCUT2D eigenvalue weighted by atomic mass is 10.1. The molecule has 0 bridgehead atoms. The van der Waals surface area contributed by atoms with Crippen molar-refractivity contribution in [3.05, 3.63) is 22.7 Å². The molecule has 2 N–H and O–H groups in total. The molecule has 1 aromatic carbocycles. The number of nitrogens with zero attached hydrogens (tertiary/aromatic N) is 1. The largest absolute Gasteiger partial charge is 0.496 e. The van der Waals surface area contributed by atoms with Gasteiger partial charge in [-0.1, -0.05) is 11.6 Å². The van der Waals surface area contributed by atoms with E-state index in [-0.39, 0.29) is 23.8 Å². The molecular formula is C21H28ClN3O4.